The zero-order valence-electron chi connectivity index (χ0n) is 8.29. The normalized spacial score (nSPS) is 9.00. The second kappa shape index (κ2) is 7.32. The van der Waals surface area contributed by atoms with Crippen molar-refractivity contribution in [1.29, 1.82) is 0 Å². The molecule has 0 saturated heterocycles. The number of rotatable bonds is 2. The summed E-state index contributed by atoms with van der Waals surface area (Å²) in [6.45, 7) is 0. The number of benzene rings is 1. The fourth-order valence-electron chi connectivity index (χ4n) is 0.643. The summed E-state index contributed by atoms with van der Waals surface area (Å²) >= 11 is 0. The van der Waals surface area contributed by atoms with Gasteiger partial charge in [-0.2, -0.15) is 0 Å². The van der Waals surface area contributed by atoms with Gasteiger partial charge in [0.1, 0.15) is 0 Å². The van der Waals surface area contributed by atoms with E-state index < -0.39 is 10.2 Å². The highest BCUT2D eigenvalue weighted by Crippen LogP contribution is 1.92. The van der Waals surface area contributed by atoms with Gasteiger partial charge in [0.25, 0.3) is 0 Å². The van der Waals surface area contributed by atoms with Crippen LogP contribution in [0.2, 0.25) is 0 Å². The molecule has 84 valence electrons. The molecule has 16 heavy (non-hydrogen) atoms. The van der Waals surface area contributed by atoms with Crippen molar-refractivity contribution in [3.05, 3.63) is 51.2 Å². The highest BCUT2D eigenvalue weighted by molar-refractivity contribution is 7.88. The van der Waals surface area contributed by atoms with Crippen molar-refractivity contribution in [1.82, 2.24) is 0 Å². The zero-order valence-corrected chi connectivity index (χ0v) is 11.1. The predicted octanol–water partition coefficient (Wildman–Crippen LogP) is 0.529. The van der Waals surface area contributed by atoms with Crippen molar-refractivity contribution in [3.63, 3.8) is 0 Å². The molecule has 0 saturated carbocycles. The molecule has 0 spiro atoms. The van der Waals surface area contributed by atoms with Gasteiger partial charge in [-0.15, -0.1) is 0 Å². The lowest BCUT2D eigenvalue weighted by Crippen LogP contribution is -1.97. The van der Waals surface area contributed by atoms with Gasteiger partial charge in [-0.25, -0.2) is 8.42 Å². The van der Waals surface area contributed by atoms with Crippen LogP contribution in [0.4, 0.5) is 0 Å². The first-order chi connectivity index (χ1) is 7.52. The van der Waals surface area contributed by atoms with Gasteiger partial charge < -0.3 is 0 Å². The third-order valence-corrected chi connectivity index (χ3v) is 2.45. The first kappa shape index (κ1) is 14.0. The van der Waals surface area contributed by atoms with Gasteiger partial charge >= 0.3 is 10.2 Å². The Morgan fingerprint density at radius 2 is 1.50 bits per heavy atom. The zero-order chi connectivity index (χ0) is 12.4. The Balaban J connectivity index is 0.000000288. The maximum atomic E-state index is 9.99. The number of azide groups is 1. The second-order valence-corrected chi connectivity index (χ2v) is 4.82. The van der Waals surface area contributed by atoms with Crippen LogP contribution in [0, 0.1) is 0 Å². The van der Waals surface area contributed by atoms with Gasteiger partial charge in [-0.05, 0) is 11.1 Å². The fourth-order valence-corrected chi connectivity index (χ4v) is 1.25. The number of nitrogens with zero attached hydrogens (tertiary/aromatic N) is 6. The van der Waals surface area contributed by atoms with Crippen molar-refractivity contribution in [2.75, 3.05) is 0 Å². The summed E-state index contributed by atoms with van der Waals surface area (Å²) in [5, 5.41) is 1.46. The molecule has 0 fully saturated rings. The molecular formula is C6H8N6O2SSi. The van der Waals surface area contributed by atoms with Crippen LogP contribution in [-0.4, -0.2) is 18.7 Å². The van der Waals surface area contributed by atoms with Gasteiger partial charge in [0.05, 0.1) is 0 Å². The topological polar surface area (TPSA) is 132 Å². The molecule has 0 amide bonds. The lowest BCUT2D eigenvalue weighted by atomic mass is 10.4. The van der Waals surface area contributed by atoms with Crippen LogP contribution in [0.1, 0.15) is 0 Å². The molecule has 0 atom stereocenters. The second-order valence-electron chi connectivity index (χ2n) is 2.44. The minimum Gasteiger partial charge on any atom is -0.213 e. The van der Waals surface area contributed by atoms with E-state index in [-0.39, 0.29) is 0 Å². The highest BCUT2D eigenvalue weighted by atomic mass is 32.2. The van der Waals surface area contributed by atoms with Crippen LogP contribution < -0.4 is 5.19 Å². The minimum absolute atomic E-state index is 1.17. The van der Waals surface area contributed by atoms with Crippen LogP contribution in [0.3, 0.4) is 0 Å². The van der Waals surface area contributed by atoms with Crippen molar-refractivity contribution in [3.8, 4) is 0 Å². The third kappa shape index (κ3) is 7.41. The summed E-state index contributed by atoms with van der Waals surface area (Å²) in [6.07, 6.45) is 0. The molecule has 0 N–H and O–H groups in total. The molecule has 10 heteroatoms. The third-order valence-electron chi connectivity index (χ3n) is 1.22. The maximum Gasteiger partial charge on any atom is 0.321 e. The van der Waals surface area contributed by atoms with Gasteiger partial charge in [0.15, 0.2) is 0 Å². The van der Waals surface area contributed by atoms with E-state index in [0.29, 0.717) is 0 Å². The molecule has 0 bridgehead atoms. The molecule has 0 heterocycles. The van der Waals surface area contributed by atoms with Crippen molar-refractivity contribution < 1.29 is 8.42 Å². The van der Waals surface area contributed by atoms with E-state index >= 15 is 0 Å². The summed E-state index contributed by atoms with van der Waals surface area (Å²) < 4.78 is 24.3. The quantitative estimate of drug-likeness (QED) is 0.330. The van der Waals surface area contributed by atoms with Gasteiger partial charge in [-0.1, -0.05) is 35.5 Å². The molecule has 0 aromatic heterocycles. The molecule has 1 aromatic carbocycles. The molecule has 1 rings (SSSR count). The van der Waals surface area contributed by atoms with E-state index in [1.807, 2.05) is 15.9 Å². The largest absolute Gasteiger partial charge is 0.321 e. The Morgan fingerprint density at radius 3 is 1.75 bits per heavy atom. The molecule has 8 nitrogen and oxygen atoms in total. The Labute approximate surface area is 94.8 Å². The maximum absolute atomic E-state index is 9.99. The van der Waals surface area contributed by atoms with E-state index in [1.165, 1.54) is 15.4 Å². The first-order valence-electron chi connectivity index (χ1n) is 3.91. The SMILES string of the molecule is [N-]=[N+]=NS(=O)(=O)N=[N+]=[N-].[SiH3]c1ccccc1. The summed E-state index contributed by atoms with van der Waals surface area (Å²) in [4.78, 5) is 3.80. The average Bonchev–Trinajstić information content (AvgIpc) is 2.19. The molecule has 1 aromatic rings. The Hall–Kier alpha value is -1.99. The van der Waals surface area contributed by atoms with E-state index in [4.69, 9.17) is 11.1 Å². The van der Waals surface area contributed by atoms with Crippen molar-refractivity contribution >= 4 is 25.6 Å². The summed E-state index contributed by atoms with van der Waals surface area (Å²) in [5.74, 6) is 0. The number of hydrogen-bond donors (Lipinski definition) is 0. The molecule has 0 radical (unpaired) electrons. The average molecular weight is 256 g/mol. The van der Waals surface area contributed by atoms with E-state index in [2.05, 4.69) is 33.3 Å². The van der Waals surface area contributed by atoms with Crippen LogP contribution >= 0.6 is 0 Å². The van der Waals surface area contributed by atoms with Gasteiger partial charge in [0.2, 0.25) is 0 Å². The summed E-state index contributed by atoms with van der Waals surface area (Å²) in [7, 11) is -3.09. The van der Waals surface area contributed by atoms with Crippen molar-refractivity contribution in [2.24, 2.45) is 9.04 Å². The van der Waals surface area contributed by atoms with Crippen LogP contribution in [0.15, 0.2) is 39.4 Å². The Morgan fingerprint density at radius 1 is 1.06 bits per heavy atom. The van der Waals surface area contributed by atoms with E-state index in [1.54, 1.807) is 0 Å². The Kier molecular flexibility index (Phi) is 6.41. The number of hydrogen-bond acceptors (Lipinski definition) is 2. The summed E-state index contributed by atoms with van der Waals surface area (Å²) in [5.41, 5.74) is 15.0. The van der Waals surface area contributed by atoms with Gasteiger partial charge in [-0.3, -0.25) is 0 Å². The molecule has 0 aliphatic rings. The fraction of sp³-hybridized carbons (Fsp3) is 0. The lowest BCUT2D eigenvalue weighted by Gasteiger charge is -1.82. The molecule has 0 aliphatic carbocycles. The summed E-state index contributed by atoms with van der Waals surface area (Å²) in [6, 6.07) is 10.5. The van der Waals surface area contributed by atoms with Crippen LogP contribution in [-0.2, 0) is 10.2 Å². The first-order valence-corrected chi connectivity index (χ1v) is 6.31. The standard InChI is InChI=1S/C6H8Si.N6O2S/c7-6-4-2-1-3-5-6;1-3-5-9(7,8)6-4-2/h1-5H,7H3;. The molecular weight excluding hydrogens is 248 g/mol. The predicted molar refractivity (Wildman–Crippen MR) is 63.2 cm³/mol. The minimum atomic E-state index is -4.27. The van der Waals surface area contributed by atoms with Crippen LogP contribution in [0.5, 0.6) is 0 Å². The lowest BCUT2D eigenvalue weighted by molar-refractivity contribution is 0.599. The monoisotopic (exact) mass is 256 g/mol. The highest BCUT2D eigenvalue weighted by Gasteiger charge is 1.99. The Bertz CT molecular complexity index is 493. The van der Waals surface area contributed by atoms with Crippen LogP contribution in [0.25, 0.3) is 20.9 Å². The smallest absolute Gasteiger partial charge is 0.213 e. The molecule has 0 unspecified atom stereocenters. The van der Waals surface area contributed by atoms with E-state index in [9.17, 15) is 8.42 Å². The van der Waals surface area contributed by atoms with Gasteiger partial charge in [0, 0.05) is 29.1 Å². The van der Waals surface area contributed by atoms with E-state index in [0.717, 1.165) is 0 Å². The van der Waals surface area contributed by atoms with Crippen molar-refractivity contribution in [2.45, 2.75) is 0 Å². The molecule has 0 aliphatic heterocycles.